The summed E-state index contributed by atoms with van der Waals surface area (Å²) in [6.07, 6.45) is 6.13. The highest BCUT2D eigenvalue weighted by Gasteiger charge is 2.19. The molecule has 1 aliphatic carbocycles. The summed E-state index contributed by atoms with van der Waals surface area (Å²) >= 11 is 0. The molecule has 1 aliphatic rings. The maximum absolute atomic E-state index is 5.46. The fourth-order valence-corrected chi connectivity index (χ4v) is 1.15. The van der Waals surface area contributed by atoms with E-state index in [9.17, 15) is 0 Å². The van der Waals surface area contributed by atoms with Crippen molar-refractivity contribution in [1.29, 1.82) is 0 Å². The maximum atomic E-state index is 5.46. The lowest BCUT2D eigenvalue weighted by molar-refractivity contribution is 0.312. The highest BCUT2D eigenvalue weighted by molar-refractivity contribution is 5.15. The Balaban J connectivity index is 1.61. The zero-order valence-electron chi connectivity index (χ0n) is 7.57. The van der Waals surface area contributed by atoms with E-state index in [-0.39, 0.29) is 0 Å². The molecule has 3 nitrogen and oxygen atoms in total. The molecule has 0 bridgehead atoms. The average molecular weight is 178 g/mol. The molecule has 0 amide bonds. The Kier molecular flexibility index (Phi) is 2.77. The van der Waals surface area contributed by atoms with E-state index in [2.05, 4.69) is 10.3 Å². The Hall–Kier alpha value is -1.09. The molecule has 1 aromatic rings. The summed E-state index contributed by atoms with van der Waals surface area (Å²) < 4.78 is 5.46. The van der Waals surface area contributed by atoms with Gasteiger partial charge < -0.3 is 10.1 Å². The van der Waals surface area contributed by atoms with E-state index in [4.69, 9.17) is 4.74 Å². The summed E-state index contributed by atoms with van der Waals surface area (Å²) in [6.45, 7) is 1.65. The van der Waals surface area contributed by atoms with Crippen LogP contribution in [0.15, 0.2) is 24.5 Å². The number of ether oxygens (including phenoxy) is 1. The number of hydrogen-bond donors (Lipinski definition) is 1. The van der Waals surface area contributed by atoms with Gasteiger partial charge in [0.25, 0.3) is 0 Å². The molecule has 1 saturated carbocycles. The first-order valence-corrected chi connectivity index (χ1v) is 4.71. The third kappa shape index (κ3) is 3.03. The molecule has 13 heavy (non-hydrogen) atoms. The number of rotatable bonds is 5. The molecule has 0 unspecified atom stereocenters. The van der Waals surface area contributed by atoms with Crippen molar-refractivity contribution in [2.75, 3.05) is 13.2 Å². The van der Waals surface area contributed by atoms with Crippen LogP contribution in [0.25, 0.3) is 0 Å². The molecule has 0 radical (unpaired) electrons. The largest absolute Gasteiger partial charge is 0.491 e. The van der Waals surface area contributed by atoms with E-state index in [0.29, 0.717) is 0 Å². The van der Waals surface area contributed by atoms with Crippen molar-refractivity contribution in [3.8, 4) is 5.75 Å². The lowest BCUT2D eigenvalue weighted by Gasteiger charge is -2.05. The zero-order chi connectivity index (χ0) is 8.93. The highest BCUT2D eigenvalue weighted by Crippen LogP contribution is 2.18. The molecule has 3 heteroatoms. The number of nitrogens with one attached hydrogen (secondary N) is 1. The summed E-state index contributed by atoms with van der Waals surface area (Å²) in [5.74, 6) is 0.847. The first kappa shape index (κ1) is 8.51. The van der Waals surface area contributed by atoms with E-state index in [1.165, 1.54) is 12.8 Å². The Morgan fingerprint density at radius 3 is 3.15 bits per heavy atom. The van der Waals surface area contributed by atoms with Gasteiger partial charge in [0.1, 0.15) is 12.4 Å². The summed E-state index contributed by atoms with van der Waals surface area (Å²) in [5, 5.41) is 3.38. The summed E-state index contributed by atoms with van der Waals surface area (Å²) in [4.78, 5) is 3.97. The van der Waals surface area contributed by atoms with Crippen molar-refractivity contribution in [2.45, 2.75) is 18.9 Å². The fraction of sp³-hybridized carbons (Fsp3) is 0.500. The second-order valence-corrected chi connectivity index (χ2v) is 3.27. The van der Waals surface area contributed by atoms with Crippen molar-refractivity contribution < 1.29 is 4.74 Å². The Morgan fingerprint density at radius 2 is 2.46 bits per heavy atom. The Labute approximate surface area is 78.1 Å². The highest BCUT2D eigenvalue weighted by atomic mass is 16.5. The molecule has 70 valence electrons. The molecule has 0 atom stereocenters. The fourth-order valence-electron chi connectivity index (χ4n) is 1.15. The lowest BCUT2D eigenvalue weighted by atomic mass is 10.5. The summed E-state index contributed by atoms with van der Waals surface area (Å²) in [5.41, 5.74) is 0. The number of hydrogen-bond acceptors (Lipinski definition) is 3. The van der Waals surface area contributed by atoms with Crippen LogP contribution in [-0.2, 0) is 0 Å². The van der Waals surface area contributed by atoms with E-state index in [0.717, 1.165) is 24.9 Å². The Morgan fingerprint density at radius 1 is 1.54 bits per heavy atom. The van der Waals surface area contributed by atoms with Gasteiger partial charge in [-0.25, -0.2) is 0 Å². The maximum Gasteiger partial charge on any atom is 0.137 e. The van der Waals surface area contributed by atoms with Gasteiger partial charge in [0, 0.05) is 18.8 Å². The van der Waals surface area contributed by atoms with Crippen LogP contribution < -0.4 is 10.1 Å². The van der Waals surface area contributed by atoms with Gasteiger partial charge in [-0.1, -0.05) is 0 Å². The van der Waals surface area contributed by atoms with E-state index >= 15 is 0 Å². The van der Waals surface area contributed by atoms with Gasteiger partial charge in [0.2, 0.25) is 0 Å². The van der Waals surface area contributed by atoms with Crippen LogP contribution in [0.4, 0.5) is 0 Å². The predicted molar refractivity (Wildman–Crippen MR) is 50.8 cm³/mol. The van der Waals surface area contributed by atoms with Crippen molar-refractivity contribution >= 4 is 0 Å². The monoisotopic (exact) mass is 178 g/mol. The molecule has 1 N–H and O–H groups in total. The quantitative estimate of drug-likeness (QED) is 0.688. The molecule has 0 saturated heterocycles. The van der Waals surface area contributed by atoms with Crippen LogP contribution in [0.2, 0.25) is 0 Å². The first-order valence-electron chi connectivity index (χ1n) is 4.71. The van der Waals surface area contributed by atoms with Crippen molar-refractivity contribution in [3.63, 3.8) is 0 Å². The van der Waals surface area contributed by atoms with Crippen molar-refractivity contribution in [1.82, 2.24) is 10.3 Å². The lowest BCUT2D eigenvalue weighted by Crippen LogP contribution is -2.22. The number of pyridine rings is 1. The molecule has 2 rings (SSSR count). The molecule has 0 aromatic carbocycles. The third-order valence-electron chi connectivity index (χ3n) is 2.02. The molecule has 0 spiro atoms. The molecule has 0 aliphatic heterocycles. The smallest absolute Gasteiger partial charge is 0.137 e. The molecule has 1 fully saturated rings. The van der Waals surface area contributed by atoms with Gasteiger partial charge in [-0.2, -0.15) is 0 Å². The van der Waals surface area contributed by atoms with Crippen molar-refractivity contribution in [2.24, 2.45) is 0 Å². The summed E-state index contributed by atoms with van der Waals surface area (Å²) in [7, 11) is 0. The topological polar surface area (TPSA) is 34.1 Å². The van der Waals surface area contributed by atoms with E-state index in [1.54, 1.807) is 12.4 Å². The molecular weight excluding hydrogens is 164 g/mol. The van der Waals surface area contributed by atoms with Crippen molar-refractivity contribution in [3.05, 3.63) is 24.5 Å². The van der Waals surface area contributed by atoms with Gasteiger partial charge >= 0.3 is 0 Å². The average Bonchev–Trinajstić information content (AvgIpc) is 2.98. The minimum Gasteiger partial charge on any atom is -0.491 e. The van der Waals surface area contributed by atoms with Crippen LogP contribution >= 0.6 is 0 Å². The standard InChI is InChI=1S/C10H14N2O/c1-2-10(8-11-5-1)13-7-6-12-9-3-4-9/h1-2,5,8-9,12H,3-4,6-7H2. The molecular formula is C10H14N2O. The molecule has 1 aromatic heterocycles. The van der Waals surface area contributed by atoms with Gasteiger partial charge in [-0.05, 0) is 25.0 Å². The van der Waals surface area contributed by atoms with Crippen LogP contribution in [0, 0.1) is 0 Å². The zero-order valence-corrected chi connectivity index (χ0v) is 7.57. The van der Waals surface area contributed by atoms with Gasteiger partial charge in [0.15, 0.2) is 0 Å². The predicted octanol–water partition coefficient (Wildman–Crippen LogP) is 1.21. The second kappa shape index (κ2) is 4.23. The van der Waals surface area contributed by atoms with Crippen LogP contribution in [0.5, 0.6) is 5.75 Å². The first-order chi connectivity index (χ1) is 6.45. The minimum atomic E-state index is 0.724. The van der Waals surface area contributed by atoms with Gasteiger partial charge in [-0.3, -0.25) is 4.98 Å². The van der Waals surface area contributed by atoms with Gasteiger partial charge in [-0.15, -0.1) is 0 Å². The number of aromatic nitrogens is 1. The van der Waals surface area contributed by atoms with Crippen LogP contribution in [-0.4, -0.2) is 24.2 Å². The normalized spacial score (nSPS) is 15.7. The SMILES string of the molecule is c1cncc(OCCNC2CC2)c1. The minimum absolute atomic E-state index is 0.724. The third-order valence-corrected chi connectivity index (χ3v) is 2.02. The summed E-state index contributed by atoms with van der Waals surface area (Å²) in [6, 6.07) is 4.56. The van der Waals surface area contributed by atoms with E-state index in [1.807, 2.05) is 12.1 Å². The van der Waals surface area contributed by atoms with Crippen LogP contribution in [0.1, 0.15) is 12.8 Å². The Bertz CT molecular complexity index is 246. The molecule has 1 heterocycles. The van der Waals surface area contributed by atoms with Gasteiger partial charge in [0.05, 0.1) is 6.20 Å². The second-order valence-electron chi connectivity index (χ2n) is 3.27. The van der Waals surface area contributed by atoms with Crippen LogP contribution in [0.3, 0.4) is 0 Å². The number of nitrogens with zero attached hydrogens (tertiary/aromatic N) is 1. The van der Waals surface area contributed by atoms with E-state index < -0.39 is 0 Å².